The third kappa shape index (κ3) is 3.36. The van der Waals surface area contributed by atoms with Crippen LogP contribution in [0.15, 0.2) is 18.2 Å². The van der Waals surface area contributed by atoms with Gasteiger partial charge in [-0.15, -0.1) is 0 Å². The van der Waals surface area contributed by atoms with Crippen LogP contribution >= 0.6 is 0 Å². The number of urea groups is 1. The van der Waals surface area contributed by atoms with E-state index in [1.54, 1.807) is 25.1 Å². The molecule has 2 rings (SSSR count). The van der Waals surface area contributed by atoms with E-state index < -0.39 is 18.0 Å². The molecule has 7 nitrogen and oxygen atoms in total. The predicted molar refractivity (Wildman–Crippen MR) is 75.9 cm³/mol. The van der Waals surface area contributed by atoms with Crippen molar-refractivity contribution >= 4 is 17.7 Å². The van der Waals surface area contributed by atoms with E-state index in [2.05, 4.69) is 5.32 Å². The molecular weight excluding hydrogens is 276 g/mol. The number of carboxylic acids is 1. The third-order valence-electron chi connectivity index (χ3n) is 3.25. The first-order valence-corrected chi connectivity index (χ1v) is 6.69. The number of hydrogen-bond donors (Lipinski definition) is 2. The van der Waals surface area contributed by atoms with Crippen molar-refractivity contribution in [2.75, 3.05) is 25.6 Å². The van der Waals surface area contributed by atoms with Crippen molar-refractivity contribution in [3.05, 3.63) is 18.2 Å². The van der Waals surface area contributed by atoms with Gasteiger partial charge in [-0.25, -0.2) is 9.59 Å². The molecule has 1 aromatic carbocycles. The fourth-order valence-corrected chi connectivity index (χ4v) is 2.09. The highest BCUT2D eigenvalue weighted by Gasteiger charge is 2.25. The van der Waals surface area contributed by atoms with Gasteiger partial charge >= 0.3 is 12.0 Å². The zero-order valence-electron chi connectivity index (χ0n) is 12.0. The molecule has 21 heavy (non-hydrogen) atoms. The van der Waals surface area contributed by atoms with Crippen molar-refractivity contribution in [1.29, 1.82) is 0 Å². The van der Waals surface area contributed by atoms with Crippen LogP contribution in [-0.2, 0) is 4.79 Å². The first kappa shape index (κ1) is 15.0. The van der Waals surface area contributed by atoms with Gasteiger partial charge in [-0.3, -0.25) is 0 Å². The van der Waals surface area contributed by atoms with Crippen LogP contribution in [0.3, 0.4) is 0 Å². The molecule has 7 heteroatoms. The lowest BCUT2D eigenvalue weighted by atomic mass is 10.2. The number of fused-ring (bicyclic) bond motifs is 1. The number of nitrogens with zero attached hydrogens (tertiary/aromatic N) is 1. The fourth-order valence-electron chi connectivity index (χ4n) is 2.09. The van der Waals surface area contributed by atoms with Crippen LogP contribution in [-0.4, -0.2) is 48.3 Å². The second-order valence-corrected chi connectivity index (χ2v) is 4.66. The summed E-state index contributed by atoms with van der Waals surface area (Å²) in [6.07, 6.45) is 0.334. The maximum absolute atomic E-state index is 12.1. The van der Waals surface area contributed by atoms with Gasteiger partial charge in [0.1, 0.15) is 19.3 Å². The second kappa shape index (κ2) is 6.34. The molecule has 1 aliphatic rings. The molecule has 1 atom stereocenters. The molecular formula is C14H18N2O5. The number of rotatable bonds is 4. The Bertz CT molecular complexity index is 546. The largest absolute Gasteiger partial charge is 0.486 e. The topological polar surface area (TPSA) is 88.1 Å². The van der Waals surface area contributed by atoms with E-state index in [1.807, 2.05) is 0 Å². The van der Waals surface area contributed by atoms with E-state index in [4.69, 9.17) is 14.6 Å². The number of carboxylic acid groups (broad SMARTS) is 1. The molecule has 0 radical (unpaired) electrons. The van der Waals surface area contributed by atoms with Crippen LogP contribution in [0, 0.1) is 0 Å². The highest BCUT2D eigenvalue weighted by atomic mass is 16.6. The van der Waals surface area contributed by atoms with E-state index in [1.165, 1.54) is 11.9 Å². The fraction of sp³-hybridized carbons (Fsp3) is 0.429. The number of carbonyl (C=O) groups is 2. The molecule has 114 valence electrons. The summed E-state index contributed by atoms with van der Waals surface area (Å²) < 4.78 is 10.8. The first-order chi connectivity index (χ1) is 10.0. The number of amides is 2. The summed E-state index contributed by atoms with van der Waals surface area (Å²) in [5.74, 6) is 0.161. The Morgan fingerprint density at radius 1 is 1.33 bits per heavy atom. The number of carbonyl (C=O) groups excluding carboxylic acids is 1. The molecule has 0 fully saturated rings. The zero-order chi connectivity index (χ0) is 15.4. The lowest BCUT2D eigenvalue weighted by Gasteiger charge is -2.24. The van der Waals surface area contributed by atoms with E-state index in [0.717, 1.165) is 0 Å². The molecule has 0 aliphatic carbocycles. The molecule has 1 unspecified atom stereocenters. The minimum absolute atomic E-state index is 0.334. The van der Waals surface area contributed by atoms with Crippen LogP contribution in [0.25, 0.3) is 0 Å². The van der Waals surface area contributed by atoms with Gasteiger partial charge in [-0.1, -0.05) is 6.92 Å². The van der Waals surface area contributed by atoms with Gasteiger partial charge in [-0.2, -0.15) is 0 Å². The molecule has 1 aliphatic heterocycles. The minimum atomic E-state index is -1.03. The quantitative estimate of drug-likeness (QED) is 0.883. The van der Waals surface area contributed by atoms with Gasteiger partial charge in [0, 0.05) is 18.8 Å². The van der Waals surface area contributed by atoms with Crippen LogP contribution in [0.1, 0.15) is 13.3 Å². The summed E-state index contributed by atoms with van der Waals surface area (Å²) in [6, 6.07) is 3.70. The maximum Gasteiger partial charge on any atom is 0.326 e. The number of hydrogen-bond acceptors (Lipinski definition) is 4. The Kier molecular flexibility index (Phi) is 4.52. The molecule has 1 heterocycles. The highest BCUT2D eigenvalue weighted by molar-refractivity contribution is 5.92. The second-order valence-electron chi connectivity index (χ2n) is 4.66. The Balaban J connectivity index is 2.07. The van der Waals surface area contributed by atoms with Crippen molar-refractivity contribution in [3.63, 3.8) is 0 Å². The molecule has 1 aromatic rings. The van der Waals surface area contributed by atoms with Crippen LogP contribution < -0.4 is 14.8 Å². The average molecular weight is 294 g/mol. The summed E-state index contributed by atoms with van der Waals surface area (Å²) in [7, 11) is 1.45. The SMILES string of the molecule is CCC(C(=O)O)N(C)C(=O)Nc1ccc2c(c1)OCCO2. The van der Waals surface area contributed by atoms with Gasteiger partial charge in [0.2, 0.25) is 0 Å². The van der Waals surface area contributed by atoms with Gasteiger partial charge < -0.3 is 24.8 Å². The summed E-state index contributed by atoms with van der Waals surface area (Å²) in [5, 5.41) is 11.7. The maximum atomic E-state index is 12.1. The van der Waals surface area contributed by atoms with E-state index >= 15 is 0 Å². The lowest BCUT2D eigenvalue weighted by molar-refractivity contribution is -0.141. The molecule has 2 N–H and O–H groups in total. The molecule has 0 saturated carbocycles. The van der Waals surface area contributed by atoms with Gasteiger partial charge in [-0.05, 0) is 18.6 Å². The summed E-state index contributed by atoms with van der Waals surface area (Å²) >= 11 is 0. The summed E-state index contributed by atoms with van der Waals surface area (Å²) in [5.41, 5.74) is 0.524. The zero-order valence-corrected chi connectivity index (χ0v) is 12.0. The Morgan fingerprint density at radius 3 is 2.62 bits per heavy atom. The number of nitrogens with one attached hydrogen (secondary N) is 1. The average Bonchev–Trinajstić information content (AvgIpc) is 2.47. The Morgan fingerprint density at radius 2 is 2.00 bits per heavy atom. The third-order valence-corrected chi connectivity index (χ3v) is 3.25. The Hall–Kier alpha value is -2.44. The van der Waals surface area contributed by atoms with E-state index in [9.17, 15) is 9.59 Å². The van der Waals surface area contributed by atoms with Gasteiger partial charge in [0.15, 0.2) is 11.5 Å². The number of likely N-dealkylation sites (N-methyl/N-ethyl adjacent to an activating group) is 1. The number of ether oxygens (including phenoxy) is 2. The van der Waals surface area contributed by atoms with Crippen LogP contribution in [0.5, 0.6) is 11.5 Å². The predicted octanol–water partition coefficient (Wildman–Crippen LogP) is 1.78. The smallest absolute Gasteiger partial charge is 0.326 e. The van der Waals surface area contributed by atoms with Crippen molar-refractivity contribution in [1.82, 2.24) is 4.90 Å². The molecule has 0 spiro atoms. The number of anilines is 1. The van der Waals surface area contributed by atoms with Crippen LogP contribution in [0.4, 0.5) is 10.5 Å². The van der Waals surface area contributed by atoms with Crippen LogP contribution in [0.2, 0.25) is 0 Å². The normalized spacial score (nSPS) is 14.2. The van der Waals surface area contributed by atoms with Crippen molar-refractivity contribution in [2.45, 2.75) is 19.4 Å². The molecule has 0 aromatic heterocycles. The molecule has 0 bridgehead atoms. The summed E-state index contributed by atoms with van der Waals surface area (Å²) in [4.78, 5) is 24.3. The lowest BCUT2D eigenvalue weighted by Crippen LogP contribution is -2.44. The van der Waals surface area contributed by atoms with E-state index in [0.29, 0.717) is 36.8 Å². The highest BCUT2D eigenvalue weighted by Crippen LogP contribution is 2.32. The van der Waals surface area contributed by atoms with E-state index in [-0.39, 0.29) is 0 Å². The Labute approximate surface area is 122 Å². The van der Waals surface area contributed by atoms with Crippen molar-refractivity contribution < 1.29 is 24.2 Å². The number of aliphatic carboxylic acids is 1. The molecule has 2 amide bonds. The minimum Gasteiger partial charge on any atom is -0.486 e. The van der Waals surface area contributed by atoms with Crippen molar-refractivity contribution in [3.8, 4) is 11.5 Å². The first-order valence-electron chi connectivity index (χ1n) is 6.69. The molecule has 0 saturated heterocycles. The monoisotopic (exact) mass is 294 g/mol. The number of benzene rings is 1. The van der Waals surface area contributed by atoms with Gasteiger partial charge in [0.05, 0.1) is 0 Å². The van der Waals surface area contributed by atoms with Crippen molar-refractivity contribution in [2.24, 2.45) is 0 Å². The standard InChI is InChI=1S/C14H18N2O5/c1-3-10(13(17)18)16(2)14(19)15-9-4-5-11-12(8-9)21-7-6-20-11/h4-5,8,10H,3,6-7H2,1-2H3,(H,15,19)(H,17,18). The van der Waals surface area contributed by atoms with Gasteiger partial charge in [0.25, 0.3) is 0 Å². The summed E-state index contributed by atoms with van der Waals surface area (Å²) in [6.45, 7) is 2.67.